The zero-order chi connectivity index (χ0) is 13.8. The summed E-state index contributed by atoms with van der Waals surface area (Å²) in [6.07, 6.45) is 0.843. The van der Waals surface area contributed by atoms with E-state index in [-0.39, 0.29) is 11.4 Å². The molecule has 0 aliphatic carbocycles. The van der Waals surface area contributed by atoms with E-state index in [9.17, 15) is 4.79 Å². The molecule has 1 unspecified atom stereocenters. The predicted octanol–water partition coefficient (Wildman–Crippen LogP) is 2.83. The van der Waals surface area contributed by atoms with Crippen molar-refractivity contribution < 1.29 is 4.79 Å². The monoisotopic (exact) mass is 268 g/mol. The lowest BCUT2D eigenvalue weighted by atomic mass is 9.90. The number of hydrogen-bond donors (Lipinski definition) is 2. The minimum atomic E-state index is -0.381. The lowest BCUT2D eigenvalue weighted by molar-refractivity contribution is 0.0898. The van der Waals surface area contributed by atoms with Gasteiger partial charge in [0.2, 0.25) is 0 Å². The second-order valence-electron chi connectivity index (χ2n) is 5.33. The number of nitrogens with two attached hydrogens (primary N) is 1. The number of carbonyl (C=O) groups excluding carboxylic acids is 1. The van der Waals surface area contributed by atoms with Gasteiger partial charge in [-0.3, -0.25) is 4.79 Å². The van der Waals surface area contributed by atoms with Crippen molar-refractivity contribution in [3.05, 3.63) is 34.9 Å². The van der Waals surface area contributed by atoms with Crippen molar-refractivity contribution in [2.45, 2.75) is 32.7 Å². The van der Waals surface area contributed by atoms with Crippen molar-refractivity contribution in [2.75, 3.05) is 6.54 Å². The summed E-state index contributed by atoms with van der Waals surface area (Å²) in [6, 6.07) is 6.91. The fourth-order valence-electron chi connectivity index (χ4n) is 2.06. The molecule has 0 saturated carbocycles. The molecule has 0 bridgehead atoms. The first-order chi connectivity index (χ1) is 8.36. The third-order valence-electron chi connectivity index (χ3n) is 2.81. The molecule has 18 heavy (non-hydrogen) atoms. The van der Waals surface area contributed by atoms with E-state index in [4.69, 9.17) is 17.3 Å². The lowest BCUT2D eigenvalue weighted by Crippen LogP contribution is -2.52. The number of nitrogens with one attached hydrogen (secondary N) is 1. The summed E-state index contributed by atoms with van der Waals surface area (Å²) in [7, 11) is 0. The van der Waals surface area contributed by atoms with Crippen molar-refractivity contribution in [1.29, 1.82) is 0 Å². The van der Waals surface area contributed by atoms with Gasteiger partial charge in [0, 0.05) is 22.7 Å². The first-order valence-corrected chi connectivity index (χ1v) is 6.52. The number of hydrogen-bond acceptors (Lipinski definition) is 2. The number of amides is 1. The second kappa shape index (κ2) is 6.21. The Bertz CT molecular complexity index is 420. The summed E-state index contributed by atoms with van der Waals surface area (Å²) in [5, 5.41) is 3.55. The molecule has 1 aromatic carbocycles. The number of benzene rings is 1. The minimum Gasteiger partial charge on any atom is -0.346 e. The van der Waals surface area contributed by atoms with E-state index >= 15 is 0 Å². The molecule has 1 atom stereocenters. The molecule has 0 spiro atoms. The fraction of sp³-hybridized carbons (Fsp3) is 0.500. The van der Waals surface area contributed by atoms with E-state index in [1.54, 1.807) is 24.3 Å². The molecule has 0 aliphatic rings. The molecule has 3 nitrogen and oxygen atoms in total. The molecular weight excluding hydrogens is 248 g/mol. The van der Waals surface area contributed by atoms with Gasteiger partial charge in [-0.1, -0.05) is 31.5 Å². The van der Waals surface area contributed by atoms with Crippen LogP contribution in [0.1, 0.15) is 37.6 Å². The van der Waals surface area contributed by atoms with Crippen molar-refractivity contribution >= 4 is 17.5 Å². The van der Waals surface area contributed by atoms with E-state index in [0.717, 1.165) is 6.42 Å². The van der Waals surface area contributed by atoms with Crippen molar-refractivity contribution in [3.8, 4) is 0 Å². The molecular formula is C14H21ClN2O. The van der Waals surface area contributed by atoms with Gasteiger partial charge in [-0.15, -0.1) is 0 Å². The van der Waals surface area contributed by atoms with Crippen LogP contribution in [0.3, 0.4) is 0 Å². The Labute approximate surface area is 114 Å². The first kappa shape index (κ1) is 15.0. The highest BCUT2D eigenvalue weighted by Gasteiger charge is 2.26. The normalized spacial score (nSPS) is 14.3. The van der Waals surface area contributed by atoms with Crippen LogP contribution in [-0.4, -0.2) is 18.0 Å². The van der Waals surface area contributed by atoms with Gasteiger partial charge in [0.15, 0.2) is 0 Å². The molecule has 1 amide bonds. The molecule has 0 radical (unpaired) electrons. The van der Waals surface area contributed by atoms with Crippen molar-refractivity contribution in [2.24, 2.45) is 11.7 Å². The molecule has 1 rings (SSSR count). The van der Waals surface area contributed by atoms with Gasteiger partial charge in [0.1, 0.15) is 0 Å². The molecule has 0 saturated heterocycles. The summed E-state index contributed by atoms with van der Waals surface area (Å²) < 4.78 is 0. The quantitative estimate of drug-likeness (QED) is 0.863. The van der Waals surface area contributed by atoms with Gasteiger partial charge < -0.3 is 11.1 Å². The average molecular weight is 269 g/mol. The summed E-state index contributed by atoms with van der Waals surface area (Å²) in [4.78, 5) is 12.1. The van der Waals surface area contributed by atoms with E-state index in [1.165, 1.54) is 0 Å². The Morgan fingerprint density at radius 2 is 2.17 bits per heavy atom. The van der Waals surface area contributed by atoms with Gasteiger partial charge in [-0.05, 0) is 37.5 Å². The maximum Gasteiger partial charge on any atom is 0.251 e. The van der Waals surface area contributed by atoms with E-state index in [2.05, 4.69) is 19.2 Å². The van der Waals surface area contributed by atoms with E-state index < -0.39 is 0 Å². The molecule has 3 N–H and O–H groups in total. The third-order valence-corrected chi connectivity index (χ3v) is 3.05. The molecule has 1 aromatic rings. The van der Waals surface area contributed by atoms with Gasteiger partial charge in [0.05, 0.1) is 0 Å². The van der Waals surface area contributed by atoms with Gasteiger partial charge in [-0.25, -0.2) is 0 Å². The van der Waals surface area contributed by atoms with Crippen LogP contribution in [0.5, 0.6) is 0 Å². The summed E-state index contributed by atoms with van der Waals surface area (Å²) in [6.45, 7) is 6.60. The number of rotatable bonds is 5. The highest BCUT2D eigenvalue weighted by Crippen LogP contribution is 2.17. The molecule has 100 valence electrons. The maximum absolute atomic E-state index is 12.1. The van der Waals surface area contributed by atoms with Crippen LogP contribution < -0.4 is 11.1 Å². The van der Waals surface area contributed by atoms with Gasteiger partial charge >= 0.3 is 0 Å². The number of halogens is 1. The SMILES string of the molecule is CC(C)CC(C)(CN)NC(=O)c1cccc(Cl)c1. The Hall–Kier alpha value is -1.06. The smallest absolute Gasteiger partial charge is 0.251 e. The Morgan fingerprint density at radius 1 is 1.50 bits per heavy atom. The van der Waals surface area contributed by atoms with Crippen LogP contribution >= 0.6 is 11.6 Å². The van der Waals surface area contributed by atoms with Crippen LogP contribution in [0.25, 0.3) is 0 Å². The molecule has 0 fully saturated rings. The summed E-state index contributed by atoms with van der Waals surface area (Å²) in [5.74, 6) is 0.337. The molecule has 0 heterocycles. The fourth-order valence-corrected chi connectivity index (χ4v) is 2.25. The van der Waals surface area contributed by atoms with Gasteiger partial charge in [0.25, 0.3) is 5.91 Å². The van der Waals surface area contributed by atoms with Crippen molar-refractivity contribution in [1.82, 2.24) is 5.32 Å². The lowest BCUT2D eigenvalue weighted by Gasteiger charge is -2.31. The van der Waals surface area contributed by atoms with Crippen LogP contribution in [-0.2, 0) is 0 Å². The van der Waals surface area contributed by atoms with Crippen LogP contribution in [0.15, 0.2) is 24.3 Å². The highest BCUT2D eigenvalue weighted by molar-refractivity contribution is 6.30. The standard InChI is InChI=1S/C14H21ClN2O/c1-10(2)8-14(3,9-16)17-13(18)11-5-4-6-12(15)7-11/h4-7,10H,8-9,16H2,1-3H3,(H,17,18). The average Bonchev–Trinajstić information content (AvgIpc) is 2.27. The maximum atomic E-state index is 12.1. The summed E-state index contributed by atoms with van der Waals surface area (Å²) >= 11 is 5.87. The van der Waals surface area contributed by atoms with Gasteiger partial charge in [-0.2, -0.15) is 0 Å². The second-order valence-corrected chi connectivity index (χ2v) is 5.76. The van der Waals surface area contributed by atoms with E-state index in [0.29, 0.717) is 23.0 Å². The zero-order valence-electron chi connectivity index (χ0n) is 11.2. The van der Waals surface area contributed by atoms with Crippen LogP contribution in [0, 0.1) is 5.92 Å². The molecule has 0 aromatic heterocycles. The van der Waals surface area contributed by atoms with E-state index in [1.807, 2.05) is 6.92 Å². The molecule has 0 aliphatic heterocycles. The minimum absolute atomic E-state index is 0.133. The zero-order valence-corrected chi connectivity index (χ0v) is 11.9. The first-order valence-electron chi connectivity index (χ1n) is 6.14. The third kappa shape index (κ3) is 4.31. The number of carbonyl (C=O) groups is 1. The summed E-state index contributed by atoms with van der Waals surface area (Å²) in [5.41, 5.74) is 5.95. The van der Waals surface area contributed by atoms with Crippen LogP contribution in [0.2, 0.25) is 5.02 Å². The largest absolute Gasteiger partial charge is 0.346 e. The van der Waals surface area contributed by atoms with Crippen molar-refractivity contribution in [3.63, 3.8) is 0 Å². The Kier molecular flexibility index (Phi) is 5.17. The topological polar surface area (TPSA) is 55.1 Å². The van der Waals surface area contributed by atoms with Crippen LogP contribution in [0.4, 0.5) is 0 Å². The highest BCUT2D eigenvalue weighted by atomic mass is 35.5. The Morgan fingerprint density at radius 3 is 2.67 bits per heavy atom. The predicted molar refractivity (Wildman–Crippen MR) is 75.8 cm³/mol. The Balaban J connectivity index is 2.79. The molecule has 4 heteroatoms.